The van der Waals surface area contributed by atoms with Crippen LogP contribution in [0.4, 0.5) is 17.6 Å². The first-order chi connectivity index (χ1) is 13.2. The SMILES string of the molecule is CC1CCC(c2ccc(C(=O)OC3CCC(OC(F)(F)F)CC3)c(F)c2)CC1.[HH]. The highest BCUT2D eigenvalue weighted by Gasteiger charge is 2.36. The summed E-state index contributed by atoms with van der Waals surface area (Å²) < 4.78 is 60.6. The van der Waals surface area contributed by atoms with Gasteiger partial charge in [0.1, 0.15) is 11.9 Å². The number of ether oxygens (including phenoxy) is 2. The van der Waals surface area contributed by atoms with E-state index in [2.05, 4.69) is 11.7 Å². The Kier molecular flexibility index (Phi) is 6.63. The van der Waals surface area contributed by atoms with Gasteiger partial charge in [-0.25, -0.2) is 9.18 Å². The average molecular weight is 404 g/mol. The molecule has 2 saturated carbocycles. The number of alkyl halides is 3. The van der Waals surface area contributed by atoms with E-state index < -0.39 is 30.4 Å². The Labute approximate surface area is 163 Å². The Balaban J connectivity index is 0.00000300. The predicted molar refractivity (Wildman–Crippen MR) is 97.5 cm³/mol. The van der Waals surface area contributed by atoms with E-state index in [1.165, 1.54) is 12.1 Å². The molecule has 2 fully saturated rings. The van der Waals surface area contributed by atoms with Crippen molar-refractivity contribution in [3.8, 4) is 0 Å². The highest BCUT2D eigenvalue weighted by Crippen LogP contribution is 2.36. The number of hydrogen-bond donors (Lipinski definition) is 0. The largest absolute Gasteiger partial charge is 0.522 e. The zero-order chi connectivity index (χ0) is 20.3. The van der Waals surface area contributed by atoms with Crippen molar-refractivity contribution in [2.75, 3.05) is 0 Å². The molecule has 0 spiro atoms. The zero-order valence-corrected chi connectivity index (χ0v) is 15.9. The maximum atomic E-state index is 14.5. The van der Waals surface area contributed by atoms with Crippen LogP contribution in [-0.2, 0) is 9.47 Å². The van der Waals surface area contributed by atoms with Gasteiger partial charge in [-0.2, -0.15) is 0 Å². The summed E-state index contributed by atoms with van der Waals surface area (Å²) in [4.78, 5) is 12.3. The minimum Gasteiger partial charge on any atom is -0.459 e. The first-order valence-corrected chi connectivity index (χ1v) is 9.96. The van der Waals surface area contributed by atoms with Gasteiger partial charge in [-0.1, -0.05) is 25.8 Å². The third-order valence-corrected chi connectivity index (χ3v) is 5.90. The fourth-order valence-electron chi connectivity index (χ4n) is 4.22. The molecule has 0 N–H and O–H groups in total. The molecule has 0 amide bonds. The van der Waals surface area contributed by atoms with Crippen LogP contribution in [0, 0.1) is 11.7 Å². The summed E-state index contributed by atoms with van der Waals surface area (Å²) in [7, 11) is 0. The average Bonchev–Trinajstić information content (AvgIpc) is 2.62. The normalized spacial score (nSPS) is 28.8. The van der Waals surface area contributed by atoms with Crippen molar-refractivity contribution in [3.63, 3.8) is 0 Å². The number of esters is 1. The van der Waals surface area contributed by atoms with E-state index in [9.17, 15) is 22.4 Å². The number of carbonyl (C=O) groups is 1. The van der Waals surface area contributed by atoms with Crippen molar-refractivity contribution < 1.29 is 33.3 Å². The second-order valence-electron chi connectivity index (χ2n) is 8.06. The van der Waals surface area contributed by atoms with E-state index in [-0.39, 0.29) is 32.7 Å². The smallest absolute Gasteiger partial charge is 0.459 e. The van der Waals surface area contributed by atoms with Crippen LogP contribution in [0.1, 0.15) is 81.6 Å². The Hall–Kier alpha value is -1.63. The van der Waals surface area contributed by atoms with Gasteiger partial charge in [0.15, 0.2) is 0 Å². The molecule has 0 bridgehead atoms. The monoisotopic (exact) mass is 404 g/mol. The van der Waals surface area contributed by atoms with Crippen molar-refractivity contribution in [2.24, 2.45) is 5.92 Å². The standard InChI is InChI=1S/C21H26F4O3.H2/c1-13-2-4-14(5-3-13)15-6-11-18(19(22)12-15)20(26)27-16-7-9-17(10-8-16)28-21(23,24)25;/h6,11-14,16-17H,2-5,7-10H2,1H3;1H. The van der Waals surface area contributed by atoms with Crippen LogP contribution in [0.15, 0.2) is 18.2 Å². The summed E-state index contributed by atoms with van der Waals surface area (Å²) in [5.41, 5.74) is 0.785. The van der Waals surface area contributed by atoms with E-state index in [0.717, 1.165) is 31.2 Å². The molecule has 28 heavy (non-hydrogen) atoms. The number of benzene rings is 1. The molecule has 0 saturated heterocycles. The van der Waals surface area contributed by atoms with Crippen molar-refractivity contribution in [3.05, 3.63) is 35.1 Å². The molecule has 3 rings (SSSR count). The van der Waals surface area contributed by atoms with Crippen molar-refractivity contribution in [1.29, 1.82) is 0 Å². The summed E-state index contributed by atoms with van der Waals surface area (Å²) in [5, 5.41) is 0. The van der Waals surface area contributed by atoms with Crippen LogP contribution in [0.5, 0.6) is 0 Å². The van der Waals surface area contributed by atoms with Gasteiger partial charge < -0.3 is 4.74 Å². The topological polar surface area (TPSA) is 35.5 Å². The Morgan fingerprint density at radius 3 is 2.18 bits per heavy atom. The second-order valence-corrected chi connectivity index (χ2v) is 8.06. The molecule has 7 heteroatoms. The predicted octanol–water partition coefficient (Wildman–Crippen LogP) is 6.37. The number of hydrogen-bond acceptors (Lipinski definition) is 3. The molecule has 1 aromatic rings. The van der Waals surface area contributed by atoms with Gasteiger partial charge >= 0.3 is 12.3 Å². The van der Waals surface area contributed by atoms with E-state index >= 15 is 0 Å². The summed E-state index contributed by atoms with van der Waals surface area (Å²) in [6, 6.07) is 4.67. The molecular weight excluding hydrogens is 376 g/mol. The fraction of sp³-hybridized carbons (Fsp3) is 0.667. The van der Waals surface area contributed by atoms with E-state index in [1.807, 2.05) is 0 Å². The highest BCUT2D eigenvalue weighted by molar-refractivity contribution is 5.89. The van der Waals surface area contributed by atoms with Gasteiger partial charge in [-0.15, -0.1) is 13.2 Å². The molecule has 0 unspecified atom stereocenters. The molecule has 0 heterocycles. The maximum Gasteiger partial charge on any atom is 0.522 e. The van der Waals surface area contributed by atoms with Gasteiger partial charge in [0, 0.05) is 1.43 Å². The van der Waals surface area contributed by atoms with Gasteiger partial charge in [-0.3, -0.25) is 4.74 Å². The van der Waals surface area contributed by atoms with Gasteiger partial charge in [0.2, 0.25) is 0 Å². The minimum atomic E-state index is -4.66. The van der Waals surface area contributed by atoms with Crippen LogP contribution in [0.2, 0.25) is 0 Å². The van der Waals surface area contributed by atoms with E-state index in [4.69, 9.17) is 4.74 Å². The van der Waals surface area contributed by atoms with E-state index in [0.29, 0.717) is 11.8 Å². The maximum absolute atomic E-state index is 14.5. The summed E-state index contributed by atoms with van der Waals surface area (Å²) >= 11 is 0. The Bertz CT molecular complexity index is 679. The molecule has 0 aromatic heterocycles. The molecule has 158 valence electrons. The lowest BCUT2D eigenvalue weighted by atomic mass is 9.79. The van der Waals surface area contributed by atoms with Crippen molar-refractivity contribution in [1.82, 2.24) is 0 Å². The molecule has 3 nitrogen and oxygen atoms in total. The van der Waals surface area contributed by atoms with Crippen molar-refractivity contribution in [2.45, 2.75) is 82.8 Å². The summed E-state index contributed by atoms with van der Waals surface area (Å²) in [6.07, 6.45) is -0.954. The number of halogens is 4. The summed E-state index contributed by atoms with van der Waals surface area (Å²) in [5.74, 6) is -0.344. The summed E-state index contributed by atoms with van der Waals surface area (Å²) in [6.45, 7) is 2.22. The first-order valence-electron chi connectivity index (χ1n) is 9.96. The Morgan fingerprint density at radius 2 is 1.61 bits per heavy atom. The number of carbonyl (C=O) groups excluding carboxylic acids is 1. The lowest BCUT2D eigenvalue weighted by molar-refractivity contribution is -0.346. The van der Waals surface area contributed by atoms with Crippen LogP contribution in [0.3, 0.4) is 0 Å². The van der Waals surface area contributed by atoms with Crippen LogP contribution in [-0.4, -0.2) is 24.5 Å². The minimum absolute atomic E-state index is 0. The Morgan fingerprint density at radius 1 is 1.00 bits per heavy atom. The van der Waals surface area contributed by atoms with Crippen LogP contribution < -0.4 is 0 Å². The van der Waals surface area contributed by atoms with Crippen LogP contribution in [0.25, 0.3) is 0 Å². The van der Waals surface area contributed by atoms with E-state index in [1.54, 1.807) is 6.07 Å². The van der Waals surface area contributed by atoms with Gasteiger partial charge in [0.25, 0.3) is 0 Å². The van der Waals surface area contributed by atoms with Crippen LogP contribution >= 0.6 is 0 Å². The number of rotatable bonds is 4. The molecular formula is C21H28F4O3. The lowest BCUT2D eigenvalue weighted by Gasteiger charge is -2.29. The first kappa shape index (κ1) is 21.1. The molecule has 0 aliphatic heterocycles. The van der Waals surface area contributed by atoms with Gasteiger partial charge in [-0.05, 0) is 68.1 Å². The molecule has 0 atom stereocenters. The van der Waals surface area contributed by atoms with Gasteiger partial charge in [0.05, 0.1) is 11.7 Å². The third-order valence-electron chi connectivity index (χ3n) is 5.90. The molecule has 1 aromatic carbocycles. The zero-order valence-electron chi connectivity index (χ0n) is 15.9. The second kappa shape index (κ2) is 8.80. The molecule has 2 aliphatic carbocycles. The molecule has 0 radical (unpaired) electrons. The third kappa shape index (κ3) is 5.69. The fourth-order valence-corrected chi connectivity index (χ4v) is 4.22. The van der Waals surface area contributed by atoms with Crippen molar-refractivity contribution >= 4 is 5.97 Å². The lowest BCUT2D eigenvalue weighted by Crippen LogP contribution is -2.32. The molecule has 2 aliphatic rings. The quantitative estimate of drug-likeness (QED) is 0.432. The highest BCUT2D eigenvalue weighted by atomic mass is 19.4.